The van der Waals surface area contributed by atoms with Crippen LogP contribution in [-0.4, -0.2) is 22.6 Å². The molecule has 2 rings (SSSR count). The second-order valence-corrected chi connectivity index (χ2v) is 1.92. The first-order valence-corrected chi connectivity index (χ1v) is 2.83. The number of rotatable bonds is 0. The molecule has 1 aliphatic rings. The molecule has 2 heterocycles. The van der Waals surface area contributed by atoms with Crippen molar-refractivity contribution in [1.29, 1.82) is 0 Å². The summed E-state index contributed by atoms with van der Waals surface area (Å²) in [6.45, 7) is 0. The van der Waals surface area contributed by atoms with Crippen LogP contribution in [0.5, 0.6) is 0 Å². The van der Waals surface area contributed by atoms with Crippen LogP contribution in [0.15, 0.2) is 11.3 Å². The van der Waals surface area contributed by atoms with Gasteiger partial charge in [-0.2, -0.15) is 4.39 Å². The molecule has 10 heavy (non-hydrogen) atoms. The molecule has 0 fully saturated rings. The van der Waals surface area contributed by atoms with E-state index in [2.05, 4.69) is 20.3 Å². The number of hydrogen-bond donors (Lipinski definition) is 2. The van der Waals surface area contributed by atoms with Gasteiger partial charge in [-0.15, -0.1) is 0 Å². The van der Waals surface area contributed by atoms with Crippen LogP contribution in [0.4, 0.5) is 10.2 Å². The summed E-state index contributed by atoms with van der Waals surface area (Å²) in [6, 6.07) is 0. The Hall–Kier alpha value is -1.39. The van der Waals surface area contributed by atoms with Gasteiger partial charge in [0, 0.05) is 0 Å². The van der Waals surface area contributed by atoms with Crippen molar-refractivity contribution in [3.05, 3.63) is 12.0 Å². The highest BCUT2D eigenvalue weighted by Gasteiger charge is 2.12. The Morgan fingerprint density at radius 1 is 1.60 bits per heavy atom. The maximum atomic E-state index is 12.4. The number of H-pyrrole nitrogens is 1. The molecule has 52 valence electrons. The molecule has 0 bridgehead atoms. The van der Waals surface area contributed by atoms with Crippen molar-refractivity contribution in [3.63, 3.8) is 0 Å². The van der Waals surface area contributed by atoms with Gasteiger partial charge in [0.25, 0.3) is 6.42 Å². The minimum atomic E-state index is -1.35. The number of aromatic nitrogens is 2. The third kappa shape index (κ3) is 0.671. The van der Waals surface area contributed by atoms with Crippen LogP contribution in [0.25, 0.3) is 0 Å². The minimum absolute atomic E-state index is 0.516. The standard InChI is InChI=1S/C5H5FN4/c6-5-7-1-3-4(10-5)9-2-8-3/h1-2,5,10H,(H,8,9). The SMILES string of the molecule is FC1N=Cc2[nH]cnc2N1. The first-order chi connectivity index (χ1) is 4.86. The quantitative estimate of drug-likeness (QED) is 0.516. The van der Waals surface area contributed by atoms with Crippen molar-refractivity contribution in [2.24, 2.45) is 4.99 Å². The molecule has 0 spiro atoms. The minimum Gasteiger partial charge on any atom is -0.342 e. The Kier molecular flexibility index (Phi) is 0.969. The summed E-state index contributed by atoms with van der Waals surface area (Å²) in [4.78, 5) is 10.1. The topological polar surface area (TPSA) is 53.1 Å². The molecule has 0 saturated heterocycles. The molecule has 0 saturated carbocycles. The first-order valence-electron chi connectivity index (χ1n) is 2.83. The predicted molar refractivity (Wildman–Crippen MR) is 34.7 cm³/mol. The lowest BCUT2D eigenvalue weighted by molar-refractivity contribution is 0.385. The van der Waals surface area contributed by atoms with Gasteiger partial charge in [0.1, 0.15) is 5.69 Å². The lowest BCUT2D eigenvalue weighted by Gasteiger charge is -2.09. The summed E-state index contributed by atoms with van der Waals surface area (Å²) >= 11 is 0. The van der Waals surface area contributed by atoms with Gasteiger partial charge < -0.3 is 10.3 Å². The van der Waals surface area contributed by atoms with Crippen LogP contribution >= 0.6 is 0 Å². The number of halogens is 1. The Balaban J connectivity index is 2.43. The van der Waals surface area contributed by atoms with E-state index in [1.54, 1.807) is 0 Å². The van der Waals surface area contributed by atoms with Gasteiger partial charge in [-0.05, 0) is 0 Å². The van der Waals surface area contributed by atoms with E-state index >= 15 is 0 Å². The summed E-state index contributed by atoms with van der Waals surface area (Å²) in [5.74, 6) is 0.516. The number of hydrogen-bond acceptors (Lipinski definition) is 3. The van der Waals surface area contributed by atoms with E-state index in [0.717, 1.165) is 0 Å². The number of imidazole rings is 1. The Morgan fingerprint density at radius 2 is 2.50 bits per heavy atom. The molecular weight excluding hydrogens is 135 g/mol. The summed E-state index contributed by atoms with van der Waals surface area (Å²) in [7, 11) is 0. The van der Waals surface area contributed by atoms with Crippen LogP contribution in [-0.2, 0) is 0 Å². The van der Waals surface area contributed by atoms with Crippen LogP contribution in [0, 0.1) is 0 Å². The van der Waals surface area contributed by atoms with E-state index < -0.39 is 6.42 Å². The van der Waals surface area contributed by atoms with E-state index in [4.69, 9.17) is 0 Å². The van der Waals surface area contributed by atoms with Crippen molar-refractivity contribution in [1.82, 2.24) is 9.97 Å². The van der Waals surface area contributed by atoms with E-state index in [1.165, 1.54) is 12.5 Å². The van der Waals surface area contributed by atoms with Gasteiger partial charge >= 0.3 is 0 Å². The summed E-state index contributed by atoms with van der Waals surface area (Å²) in [5.41, 5.74) is 0.717. The molecule has 0 amide bonds. The van der Waals surface area contributed by atoms with Crippen molar-refractivity contribution < 1.29 is 4.39 Å². The molecule has 5 heteroatoms. The molecule has 1 aliphatic heterocycles. The summed E-state index contributed by atoms with van der Waals surface area (Å²) in [5, 5.41) is 2.43. The highest BCUT2D eigenvalue weighted by molar-refractivity contribution is 5.85. The molecular formula is C5H5FN4. The zero-order chi connectivity index (χ0) is 6.97. The molecule has 1 aromatic rings. The zero-order valence-corrected chi connectivity index (χ0v) is 5.00. The predicted octanol–water partition coefficient (Wildman–Crippen LogP) is 0.507. The van der Waals surface area contributed by atoms with Gasteiger partial charge in [0.2, 0.25) is 0 Å². The number of alkyl halides is 1. The second-order valence-electron chi connectivity index (χ2n) is 1.92. The number of aliphatic imine (C=N–C) groups is 1. The van der Waals surface area contributed by atoms with E-state index in [9.17, 15) is 4.39 Å². The molecule has 0 radical (unpaired) electrons. The van der Waals surface area contributed by atoms with Crippen molar-refractivity contribution in [2.75, 3.05) is 5.32 Å². The normalized spacial score (nSPS) is 21.9. The molecule has 1 unspecified atom stereocenters. The average molecular weight is 140 g/mol. The van der Waals surface area contributed by atoms with Crippen LogP contribution in [0.2, 0.25) is 0 Å². The fraction of sp³-hybridized carbons (Fsp3) is 0.200. The zero-order valence-electron chi connectivity index (χ0n) is 5.00. The van der Waals surface area contributed by atoms with Crippen LogP contribution < -0.4 is 5.32 Å². The molecule has 0 aliphatic carbocycles. The van der Waals surface area contributed by atoms with Crippen molar-refractivity contribution >= 4 is 12.0 Å². The largest absolute Gasteiger partial charge is 0.342 e. The molecule has 0 aromatic carbocycles. The molecule has 1 atom stereocenters. The van der Waals surface area contributed by atoms with Crippen molar-refractivity contribution in [3.8, 4) is 0 Å². The molecule has 1 aromatic heterocycles. The second kappa shape index (κ2) is 1.80. The maximum Gasteiger partial charge on any atom is 0.265 e. The third-order valence-electron chi connectivity index (χ3n) is 1.26. The summed E-state index contributed by atoms with van der Waals surface area (Å²) in [6.07, 6.45) is 1.56. The Bertz CT molecular complexity index is 266. The Labute approximate surface area is 56.2 Å². The van der Waals surface area contributed by atoms with Gasteiger partial charge in [0.05, 0.1) is 12.5 Å². The van der Waals surface area contributed by atoms with Crippen molar-refractivity contribution in [2.45, 2.75) is 6.42 Å². The monoisotopic (exact) mass is 140 g/mol. The van der Waals surface area contributed by atoms with Crippen LogP contribution in [0.1, 0.15) is 5.69 Å². The van der Waals surface area contributed by atoms with E-state index in [1.807, 2.05) is 0 Å². The van der Waals surface area contributed by atoms with Crippen LogP contribution in [0.3, 0.4) is 0 Å². The van der Waals surface area contributed by atoms with Gasteiger partial charge in [0.15, 0.2) is 5.82 Å². The highest BCUT2D eigenvalue weighted by atomic mass is 19.1. The third-order valence-corrected chi connectivity index (χ3v) is 1.26. The Morgan fingerprint density at radius 3 is 3.40 bits per heavy atom. The van der Waals surface area contributed by atoms with Gasteiger partial charge in [-0.3, -0.25) is 0 Å². The van der Waals surface area contributed by atoms with Gasteiger partial charge in [-0.25, -0.2) is 9.98 Å². The lowest BCUT2D eigenvalue weighted by Crippen LogP contribution is -2.16. The molecule has 4 nitrogen and oxygen atoms in total. The number of fused-ring (bicyclic) bond motifs is 1. The fourth-order valence-corrected chi connectivity index (χ4v) is 0.808. The maximum absolute atomic E-state index is 12.4. The number of nitrogens with one attached hydrogen (secondary N) is 2. The first kappa shape index (κ1) is 5.40. The lowest BCUT2D eigenvalue weighted by atomic mass is 10.4. The van der Waals surface area contributed by atoms with E-state index in [0.29, 0.717) is 11.5 Å². The fourth-order valence-electron chi connectivity index (χ4n) is 0.808. The highest BCUT2D eigenvalue weighted by Crippen LogP contribution is 2.13. The van der Waals surface area contributed by atoms with Gasteiger partial charge in [-0.1, -0.05) is 0 Å². The number of anilines is 1. The number of aromatic amines is 1. The smallest absolute Gasteiger partial charge is 0.265 e. The molecule has 2 N–H and O–H groups in total. The van der Waals surface area contributed by atoms with E-state index in [-0.39, 0.29) is 0 Å². The number of nitrogens with zero attached hydrogens (tertiary/aromatic N) is 2. The average Bonchev–Trinajstić information content (AvgIpc) is 2.33. The summed E-state index contributed by atoms with van der Waals surface area (Å²) < 4.78 is 12.4.